The van der Waals surface area contributed by atoms with Crippen molar-refractivity contribution in [1.29, 1.82) is 0 Å². The molecule has 0 atom stereocenters. The smallest absolute Gasteiger partial charge is 0.339 e. The predicted octanol–water partition coefficient (Wildman–Crippen LogP) is 5.39. The Kier molecular flexibility index (Phi) is 7.06. The minimum Gasteiger partial charge on any atom is -0.465 e. The second-order valence-corrected chi connectivity index (χ2v) is 9.61. The second kappa shape index (κ2) is 10.6. The highest BCUT2D eigenvalue weighted by atomic mass is 16.5. The normalized spacial score (nSPS) is 13.8. The summed E-state index contributed by atoms with van der Waals surface area (Å²) in [6, 6.07) is 10.6. The standard InChI is InChI=1S/C30H29N3O6/c1-16-12-13-20-19(15-38-27(20)17(16)2)14-25(34)33-32-23-10-7-11-24-26(23)18(3)28(39-24)29(35)31-22-9-6-5-8-21(22)30(36)37-4/h5-6,8-9,12-13,15H,7,10-11,14H2,1-4H3,(H,31,35)(H,33,34)/b32-23+. The zero-order valence-electron chi connectivity index (χ0n) is 22.3. The Morgan fingerprint density at radius 3 is 2.62 bits per heavy atom. The summed E-state index contributed by atoms with van der Waals surface area (Å²) in [4.78, 5) is 38.0. The van der Waals surface area contributed by atoms with Gasteiger partial charge in [-0.05, 0) is 56.9 Å². The van der Waals surface area contributed by atoms with Gasteiger partial charge in [-0.2, -0.15) is 5.10 Å². The summed E-state index contributed by atoms with van der Waals surface area (Å²) in [5, 5.41) is 8.08. The first-order valence-electron chi connectivity index (χ1n) is 12.7. The van der Waals surface area contributed by atoms with Gasteiger partial charge in [0.1, 0.15) is 11.3 Å². The van der Waals surface area contributed by atoms with Gasteiger partial charge in [-0.3, -0.25) is 9.59 Å². The van der Waals surface area contributed by atoms with Crippen LogP contribution in [-0.4, -0.2) is 30.6 Å². The predicted molar refractivity (Wildman–Crippen MR) is 146 cm³/mol. The highest BCUT2D eigenvalue weighted by Crippen LogP contribution is 2.31. The van der Waals surface area contributed by atoms with Gasteiger partial charge in [0.15, 0.2) is 5.76 Å². The molecule has 2 N–H and O–H groups in total. The SMILES string of the molecule is COC(=O)c1ccccc1NC(=O)c1oc2c(c1C)/C(=N/NC(=O)Cc1coc3c(C)c(C)ccc13)CCC2. The lowest BCUT2D eigenvalue weighted by Gasteiger charge is -2.13. The summed E-state index contributed by atoms with van der Waals surface area (Å²) in [6.45, 7) is 5.80. The third-order valence-electron chi connectivity index (χ3n) is 7.12. The lowest BCUT2D eigenvalue weighted by Crippen LogP contribution is -2.23. The van der Waals surface area contributed by atoms with E-state index in [0.717, 1.165) is 39.6 Å². The van der Waals surface area contributed by atoms with Crippen molar-refractivity contribution in [2.45, 2.75) is 46.5 Å². The van der Waals surface area contributed by atoms with Crippen LogP contribution in [0.15, 0.2) is 56.6 Å². The molecule has 2 aromatic heterocycles. The maximum absolute atomic E-state index is 13.1. The van der Waals surface area contributed by atoms with Crippen molar-refractivity contribution < 1.29 is 28.0 Å². The van der Waals surface area contributed by atoms with E-state index in [1.807, 2.05) is 26.0 Å². The molecule has 200 valence electrons. The Morgan fingerprint density at radius 1 is 1.03 bits per heavy atom. The molecule has 0 unspecified atom stereocenters. The lowest BCUT2D eigenvalue weighted by molar-refractivity contribution is -0.120. The number of furan rings is 2. The Balaban J connectivity index is 1.34. The van der Waals surface area contributed by atoms with Crippen LogP contribution >= 0.6 is 0 Å². The molecule has 9 heteroatoms. The van der Waals surface area contributed by atoms with Crippen LogP contribution in [0.1, 0.15) is 67.3 Å². The van der Waals surface area contributed by atoms with Crippen LogP contribution in [0.25, 0.3) is 11.0 Å². The molecule has 5 rings (SSSR count). The van der Waals surface area contributed by atoms with Gasteiger partial charge in [0.25, 0.3) is 5.91 Å². The van der Waals surface area contributed by atoms with Crippen molar-refractivity contribution in [3.8, 4) is 0 Å². The van der Waals surface area contributed by atoms with Crippen LogP contribution in [0, 0.1) is 20.8 Å². The highest BCUT2D eigenvalue weighted by molar-refractivity contribution is 6.11. The number of amides is 2. The summed E-state index contributed by atoms with van der Waals surface area (Å²) in [5.41, 5.74) is 9.00. The van der Waals surface area contributed by atoms with Gasteiger partial charge >= 0.3 is 5.97 Å². The number of esters is 1. The van der Waals surface area contributed by atoms with Gasteiger partial charge < -0.3 is 18.9 Å². The fraction of sp³-hybridized carbons (Fsp3) is 0.267. The molecule has 0 spiro atoms. The summed E-state index contributed by atoms with van der Waals surface area (Å²) in [5.74, 6) is -0.533. The average molecular weight is 528 g/mol. The maximum Gasteiger partial charge on any atom is 0.339 e. The molecule has 0 radical (unpaired) electrons. The second-order valence-electron chi connectivity index (χ2n) is 9.61. The Hall–Kier alpha value is -4.66. The molecule has 4 aromatic rings. The molecule has 0 fully saturated rings. The number of para-hydroxylation sites is 1. The van der Waals surface area contributed by atoms with Crippen molar-refractivity contribution >= 4 is 40.2 Å². The van der Waals surface area contributed by atoms with E-state index in [1.165, 1.54) is 7.11 Å². The van der Waals surface area contributed by atoms with Gasteiger partial charge in [-0.1, -0.05) is 24.3 Å². The van der Waals surface area contributed by atoms with Crippen molar-refractivity contribution in [3.05, 3.63) is 87.6 Å². The molecule has 9 nitrogen and oxygen atoms in total. The van der Waals surface area contributed by atoms with Gasteiger partial charge in [0.05, 0.1) is 36.8 Å². The molecule has 2 amide bonds. The zero-order valence-corrected chi connectivity index (χ0v) is 22.3. The molecule has 0 saturated carbocycles. The Bertz CT molecular complexity index is 1640. The van der Waals surface area contributed by atoms with E-state index in [0.29, 0.717) is 35.6 Å². The number of methoxy groups -OCH3 is 1. The number of hydrogen-bond acceptors (Lipinski definition) is 7. The molecule has 0 aliphatic heterocycles. The third kappa shape index (κ3) is 4.95. The van der Waals surface area contributed by atoms with Crippen LogP contribution in [0.3, 0.4) is 0 Å². The topological polar surface area (TPSA) is 123 Å². The fourth-order valence-electron chi connectivity index (χ4n) is 4.92. The minimum atomic E-state index is -0.555. The summed E-state index contributed by atoms with van der Waals surface area (Å²) in [6.07, 6.45) is 3.79. The first-order valence-corrected chi connectivity index (χ1v) is 12.7. The van der Waals surface area contributed by atoms with Gasteiger partial charge in [-0.15, -0.1) is 0 Å². The number of hydrogen-bond donors (Lipinski definition) is 2. The van der Waals surface area contributed by atoms with Crippen molar-refractivity contribution in [3.63, 3.8) is 0 Å². The molecule has 1 aliphatic carbocycles. The van der Waals surface area contributed by atoms with Crippen LogP contribution in [-0.2, 0) is 22.4 Å². The number of anilines is 1. The number of aryl methyl sites for hydroxylation is 3. The zero-order chi connectivity index (χ0) is 27.7. The number of benzene rings is 2. The van der Waals surface area contributed by atoms with E-state index < -0.39 is 11.9 Å². The Labute approximate surface area is 225 Å². The highest BCUT2D eigenvalue weighted by Gasteiger charge is 2.29. The molecule has 1 aliphatic rings. The van der Waals surface area contributed by atoms with Crippen molar-refractivity contribution in [1.82, 2.24) is 5.43 Å². The molecular formula is C30H29N3O6. The summed E-state index contributed by atoms with van der Waals surface area (Å²) >= 11 is 0. The van der Waals surface area contributed by atoms with Crippen molar-refractivity contribution in [2.75, 3.05) is 12.4 Å². The van der Waals surface area contributed by atoms with Gasteiger partial charge in [-0.25, -0.2) is 10.2 Å². The molecule has 39 heavy (non-hydrogen) atoms. The fourth-order valence-corrected chi connectivity index (χ4v) is 4.92. The maximum atomic E-state index is 13.1. The minimum absolute atomic E-state index is 0.122. The quantitative estimate of drug-likeness (QED) is 0.256. The number of nitrogens with zero attached hydrogens (tertiary/aromatic N) is 1. The molecule has 0 saturated heterocycles. The lowest BCUT2D eigenvalue weighted by atomic mass is 9.93. The largest absolute Gasteiger partial charge is 0.465 e. The molecular weight excluding hydrogens is 498 g/mol. The summed E-state index contributed by atoms with van der Waals surface area (Å²) in [7, 11) is 1.28. The van der Waals surface area contributed by atoms with Crippen LogP contribution < -0.4 is 10.7 Å². The average Bonchev–Trinajstić information content (AvgIpc) is 3.50. The number of rotatable bonds is 6. The van der Waals surface area contributed by atoms with Gasteiger partial charge in [0, 0.05) is 28.5 Å². The summed E-state index contributed by atoms with van der Waals surface area (Å²) < 4.78 is 16.5. The monoisotopic (exact) mass is 527 g/mol. The van der Waals surface area contributed by atoms with Crippen LogP contribution in [0.2, 0.25) is 0 Å². The van der Waals surface area contributed by atoms with E-state index in [9.17, 15) is 14.4 Å². The molecule has 2 aromatic carbocycles. The number of nitrogens with one attached hydrogen (secondary N) is 2. The number of carbonyl (C=O) groups excluding carboxylic acids is 3. The Morgan fingerprint density at radius 2 is 1.82 bits per heavy atom. The molecule has 0 bridgehead atoms. The van der Waals surface area contributed by atoms with E-state index in [-0.39, 0.29) is 23.7 Å². The number of fused-ring (bicyclic) bond motifs is 2. The van der Waals surface area contributed by atoms with Crippen LogP contribution in [0.5, 0.6) is 0 Å². The third-order valence-corrected chi connectivity index (χ3v) is 7.12. The number of carbonyl (C=O) groups is 3. The van der Waals surface area contributed by atoms with Gasteiger partial charge in [0.2, 0.25) is 5.91 Å². The first kappa shape index (κ1) is 26.0. The van der Waals surface area contributed by atoms with Crippen molar-refractivity contribution in [2.24, 2.45) is 5.10 Å². The van der Waals surface area contributed by atoms with E-state index in [2.05, 4.69) is 15.8 Å². The molecule has 2 heterocycles. The van der Waals surface area contributed by atoms with E-state index in [1.54, 1.807) is 37.5 Å². The first-order chi connectivity index (χ1) is 18.8. The number of hydrazone groups is 1. The van der Waals surface area contributed by atoms with Crippen LogP contribution in [0.4, 0.5) is 5.69 Å². The van der Waals surface area contributed by atoms with E-state index in [4.69, 9.17) is 13.6 Å². The number of ether oxygens (including phenoxy) is 1. The van der Waals surface area contributed by atoms with E-state index >= 15 is 0 Å².